The minimum Gasteiger partial charge on any atom is -0.368 e. The average molecular weight is 388 g/mol. The van der Waals surface area contributed by atoms with Gasteiger partial charge in [0.15, 0.2) is 0 Å². The van der Waals surface area contributed by atoms with E-state index in [2.05, 4.69) is 56.4 Å². The summed E-state index contributed by atoms with van der Waals surface area (Å²) >= 11 is 0. The molecule has 0 spiro atoms. The molecule has 3 aromatic rings. The Morgan fingerprint density at radius 3 is 2.52 bits per heavy atom. The van der Waals surface area contributed by atoms with Crippen LogP contribution >= 0.6 is 0 Å². The van der Waals surface area contributed by atoms with E-state index in [0.29, 0.717) is 31.1 Å². The van der Waals surface area contributed by atoms with E-state index in [1.807, 2.05) is 17.0 Å². The van der Waals surface area contributed by atoms with Crippen molar-refractivity contribution in [1.29, 1.82) is 0 Å². The molecular formula is C22H24N6O. The Labute approximate surface area is 170 Å². The monoisotopic (exact) mass is 388 g/mol. The molecule has 1 saturated heterocycles. The lowest BCUT2D eigenvalue weighted by atomic mass is 10.2. The normalized spacial score (nSPS) is 14.0. The fourth-order valence-electron chi connectivity index (χ4n) is 3.38. The predicted octanol–water partition coefficient (Wildman–Crippen LogP) is 2.75. The van der Waals surface area contributed by atoms with Crippen molar-refractivity contribution in [2.75, 3.05) is 36.4 Å². The Hall–Kier alpha value is -3.48. The third kappa shape index (κ3) is 4.68. The fraction of sp³-hybridized carbons (Fsp3) is 0.273. The highest BCUT2D eigenvalue weighted by Gasteiger charge is 2.23. The van der Waals surface area contributed by atoms with Crippen LogP contribution in [0, 0.1) is 6.92 Å². The van der Waals surface area contributed by atoms with Gasteiger partial charge in [-0.1, -0.05) is 12.1 Å². The molecule has 1 amide bonds. The summed E-state index contributed by atoms with van der Waals surface area (Å²) < 4.78 is 0. The number of hydrogen-bond donors (Lipinski definition) is 1. The van der Waals surface area contributed by atoms with E-state index in [9.17, 15) is 4.79 Å². The summed E-state index contributed by atoms with van der Waals surface area (Å²) in [5.41, 5.74) is 3.94. The van der Waals surface area contributed by atoms with Gasteiger partial charge in [-0.2, -0.15) is 0 Å². The number of benzene rings is 1. The van der Waals surface area contributed by atoms with Gasteiger partial charge in [0.05, 0.1) is 12.4 Å². The van der Waals surface area contributed by atoms with Gasteiger partial charge in [0, 0.05) is 50.8 Å². The number of nitrogens with zero attached hydrogens (tertiary/aromatic N) is 5. The molecule has 29 heavy (non-hydrogen) atoms. The number of aromatic nitrogens is 3. The Balaban J connectivity index is 1.31. The zero-order valence-electron chi connectivity index (χ0n) is 16.5. The van der Waals surface area contributed by atoms with Gasteiger partial charge in [-0.3, -0.25) is 9.78 Å². The topological polar surface area (TPSA) is 74.2 Å². The molecule has 3 heterocycles. The zero-order valence-corrected chi connectivity index (χ0v) is 16.5. The zero-order chi connectivity index (χ0) is 20.1. The van der Waals surface area contributed by atoms with E-state index in [1.165, 1.54) is 11.3 Å². The van der Waals surface area contributed by atoms with Crippen molar-refractivity contribution in [3.05, 3.63) is 78.0 Å². The molecule has 1 fully saturated rings. The van der Waals surface area contributed by atoms with E-state index in [0.717, 1.165) is 18.7 Å². The first-order valence-corrected chi connectivity index (χ1v) is 9.75. The van der Waals surface area contributed by atoms with Gasteiger partial charge in [0.1, 0.15) is 11.5 Å². The van der Waals surface area contributed by atoms with E-state index in [1.54, 1.807) is 24.8 Å². The molecule has 1 aliphatic heterocycles. The summed E-state index contributed by atoms with van der Waals surface area (Å²) in [6.07, 6.45) is 6.66. The second kappa shape index (κ2) is 8.68. The van der Waals surface area contributed by atoms with E-state index in [-0.39, 0.29) is 5.91 Å². The standard InChI is InChI=1S/C22H24N6O/c1-17-3-2-4-19(13-17)27-9-11-28(12-10-27)22(29)20-15-26-21(16-24-20)25-14-18-5-7-23-8-6-18/h2-8,13,15-16H,9-12,14H2,1H3,(H,25,26). The maximum atomic E-state index is 12.8. The van der Waals surface area contributed by atoms with Crippen LogP contribution in [0.15, 0.2) is 61.2 Å². The molecule has 0 saturated carbocycles. The van der Waals surface area contributed by atoms with Crippen molar-refractivity contribution in [3.8, 4) is 0 Å². The summed E-state index contributed by atoms with van der Waals surface area (Å²) in [6, 6.07) is 12.3. The van der Waals surface area contributed by atoms with Gasteiger partial charge in [0.2, 0.25) is 0 Å². The molecule has 7 nitrogen and oxygen atoms in total. The van der Waals surface area contributed by atoms with Crippen LogP contribution in [0.3, 0.4) is 0 Å². The van der Waals surface area contributed by atoms with Crippen molar-refractivity contribution in [2.24, 2.45) is 0 Å². The summed E-state index contributed by atoms with van der Waals surface area (Å²) in [5.74, 6) is 0.574. The van der Waals surface area contributed by atoms with Crippen LogP contribution in [0.2, 0.25) is 0 Å². The van der Waals surface area contributed by atoms with Crippen LogP contribution in [-0.4, -0.2) is 51.9 Å². The van der Waals surface area contributed by atoms with Crippen molar-refractivity contribution < 1.29 is 4.79 Å². The molecule has 0 bridgehead atoms. The first-order valence-electron chi connectivity index (χ1n) is 9.75. The molecule has 1 aliphatic rings. The molecule has 0 aliphatic carbocycles. The van der Waals surface area contributed by atoms with E-state index in [4.69, 9.17) is 0 Å². The number of aryl methyl sites for hydroxylation is 1. The van der Waals surface area contributed by atoms with Crippen LogP contribution in [0.4, 0.5) is 11.5 Å². The lowest BCUT2D eigenvalue weighted by molar-refractivity contribution is 0.0740. The molecular weight excluding hydrogens is 364 g/mol. The van der Waals surface area contributed by atoms with Crippen LogP contribution in [0.5, 0.6) is 0 Å². The Bertz CT molecular complexity index is 953. The third-order valence-corrected chi connectivity index (χ3v) is 5.03. The summed E-state index contributed by atoms with van der Waals surface area (Å²) in [5, 5.41) is 3.20. The Morgan fingerprint density at radius 1 is 1.03 bits per heavy atom. The van der Waals surface area contributed by atoms with Crippen molar-refractivity contribution >= 4 is 17.4 Å². The second-order valence-corrected chi connectivity index (χ2v) is 7.11. The first-order chi connectivity index (χ1) is 14.2. The van der Waals surface area contributed by atoms with Crippen molar-refractivity contribution in [1.82, 2.24) is 19.9 Å². The summed E-state index contributed by atoms with van der Waals surface area (Å²) in [4.78, 5) is 29.6. The van der Waals surface area contributed by atoms with Crippen LogP contribution in [-0.2, 0) is 6.54 Å². The molecule has 4 rings (SSSR count). The lowest BCUT2D eigenvalue weighted by Crippen LogP contribution is -2.49. The van der Waals surface area contributed by atoms with Crippen molar-refractivity contribution in [3.63, 3.8) is 0 Å². The highest BCUT2D eigenvalue weighted by Crippen LogP contribution is 2.18. The molecule has 0 radical (unpaired) electrons. The number of carbonyl (C=O) groups excluding carboxylic acids is 1. The summed E-state index contributed by atoms with van der Waals surface area (Å²) in [7, 11) is 0. The molecule has 2 aromatic heterocycles. The number of nitrogens with one attached hydrogen (secondary N) is 1. The molecule has 7 heteroatoms. The lowest BCUT2D eigenvalue weighted by Gasteiger charge is -2.36. The minimum atomic E-state index is -0.0675. The van der Waals surface area contributed by atoms with Crippen molar-refractivity contribution in [2.45, 2.75) is 13.5 Å². The van der Waals surface area contributed by atoms with Gasteiger partial charge in [-0.25, -0.2) is 9.97 Å². The largest absolute Gasteiger partial charge is 0.368 e. The minimum absolute atomic E-state index is 0.0675. The first kappa shape index (κ1) is 18.9. The fourth-order valence-corrected chi connectivity index (χ4v) is 3.38. The maximum Gasteiger partial charge on any atom is 0.274 e. The van der Waals surface area contributed by atoms with Crippen LogP contribution in [0.25, 0.3) is 0 Å². The molecule has 1 aromatic carbocycles. The molecule has 148 valence electrons. The van der Waals surface area contributed by atoms with Crippen LogP contribution < -0.4 is 10.2 Å². The maximum absolute atomic E-state index is 12.8. The third-order valence-electron chi connectivity index (χ3n) is 5.03. The van der Waals surface area contributed by atoms with Crippen LogP contribution in [0.1, 0.15) is 21.6 Å². The molecule has 0 unspecified atom stereocenters. The van der Waals surface area contributed by atoms with Gasteiger partial charge in [0.25, 0.3) is 5.91 Å². The highest BCUT2D eigenvalue weighted by atomic mass is 16.2. The van der Waals surface area contributed by atoms with E-state index < -0.39 is 0 Å². The Morgan fingerprint density at radius 2 is 1.83 bits per heavy atom. The average Bonchev–Trinajstić information content (AvgIpc) is 2.78. The number of amides is 1. The smallest absolute Gasteiger partial charge is 0.274 e. The second-order valence-electron chi connectivity index (χ2n) is 7.11. The van der Waals surface area contributed by atoms with Gasteiger partial charge in [-0.05, 0) is 42.3 Å². The number of pyridine rings is 1. The van der Waals surface area contributed by atoms with Gasteiger partial charge in [-0.15, -0.1) is 0 Å². The number of anilines is 2. The Kier molecular flexibility index (Phi) is 5.65. The number of carbonyl (C=O) groups is 1. The molecule has 1 N–H and O–H groups in total. The number of rotatable bonds is 5. The highest BCUT2D eigenvalue weighted by molar-refractivity contribution is 5.92. The molecule has 0 atom stereocenters. The van der Waals surface area contributed by atoms with Gasteiger partial charge < -0.3 is 15.1 Å². The summed E-state index contributed by atoms with van der Waals surface area (Å²) in [6.45, 7) is 5.71. The van der Waals surface area contributed by atoms with Gasteiger partial charge >= 0.3 is 0 Å². The SMILES string of the molecule is Cc1cccc(N2CCN(C(=O)c3cnc(NCc4ccncc4)cn3)CC2)c1. The number of hydrogen-bond acceptors (Lipinski definition) is 6. The van der Waals surface area contributed by atoms with E-state index >= 15 is 0 Å². The quantitative estimate of drug-likeness (QED) is 0.724. The predicted molar refractivity (Wildman–Crippen MR) is 113 cm³/mol. The number of piperazine rings is 1.